The van der Waals surface area contributed by atoms with E-state index in [1.165, 1.54) is 33.4 Å². The van der Waals surface area contributed by atoms with Crippen molar-refractivity contribution in [2.24, 2.45) is 0 Å². The van der Waals surface area contributed by atoms with Crippen LogP contribution in [-0.2, 0) is 9.59 Å². The van der Waals surface area contributed by atoms with Crippen LogP contribution in [0.4, 0.5) is 23.0 Å². The van der Waals surface area contributed by atoms with Gasteiger partial charge in [-0.25, -0.2) is 28.7 Å². The summed E-state index contributed by atoms with van der Waals surface area (Å²) in [6.07, 6.45) is 6.06. The number of phenolic OH excluding ortho intramolecular Hbond substituents is 2. The van der Waals surface area contributed by atoms with Gasteiger partial charge in [0.1, 0.15) is 23.1 Å². The number of aryl methyl sites for hydroxylation is 2. The lowest BCUT2D eigenvalue weighted by molar-refractivity contribution is -0.127. The molecule has 24 heteroatoms. The Kier molecular flexibility index (Phi) is 15.8. The number of hydrogen-bond donors (Lipinski definition) is 3. The topological polar surface area (TPSA) is 224 Å². The Morgan fingerprint density at radius 2 is 1.08 bits per heavy atom. The molecule has 3 N–H and O–H groups in total. The number of nitrogens with zero attached hydrogens (tertiary/aromatic N) is 13. The van der Waals surface area contributed by atoms with Crippen molar-refractivity contribution in [2.45, 2.75) is 65.5 Å². The van der Waals surface area contributed by atoms with Crippen LogP contribution in [0.1, 0.15) is 62.0 Å². The molecule has 2 amide bonds. The highest BCUT2D eigenvalue weighted by molar-refractivity contribution is 6.40. The Bertz CT molecular complexity index is 4210. The van der Waals surface area contributed by atoms with Gasteiger partial charge < -0.3 is 40.0 Å². The molecule has 0 saturated carbocycles. The highest BCUT2D eigenvalue weighted by Crippen LogP contribution is 2.50. The van der Waals surface area contributed by atoms with Gasteiger partial charge >= 0.3 is 11.4 Å². The monoisotopic (exact) mass is 1220 g/mol. The van der Waals surface area contributed by atoms with Crippen LogP contribution in [0.5, 0.6) is 11.5 Å². The minimum Gasteiger partial charge on any atom is -0.507 e. The van der Waals surface area contributed by atoms with E-state index < -0.39 is 11.4 Å². The number of rotatable bonds is 8. The Balaban J connectivity index is 0.000000177. The van der Waals surface area contributed by atoms with E-state index in [2.05, 4.69) is 43.3 Å². The van der Waals surface area contributed by atoms with E-state index in [1.54, 1.807) is 46.5 Å². The minimum absolute atomic E-state index is 0.00552. The lowest BCUT2D eigenvalue weighted by atomic mass is 10.0. The number of benzene rings is 2. The van der Waals surface area contributed by atoms with Crippen LogP contribution in [0, 0.1) is 13.8 Å². The predicted octanol–water partition coefficient (Wildman–Crippen LogP) is 9.86. The van der Waals surface area contributed by atoms with Crippen LogP contribution in [0.15, 0.2) is 95.8 Å². The van der Waals surface area contributed by atoms with E-state index in [9.17, 15) is 29.4 Å². The van der Waals surface area contributed by atoms with Crippen molar-refractivity contribution in [3.8, 4) is 45.4 Å². The van der Waals surface area contributed by atoms with Crippen molar-refractivity contribution in [1.82, 2.24) is 48.8 Å². The van der Waals surface area contributed by atoms with Crippen LogP contribution in [-0.4, -0.2) is 142 Å². The van der Waals surface area contributed by atoms with Crippen molar-refractivity contribution in [1.29, 1.82) is 0 Å². The van der Waals surface area contributed by atoms with Gasteiger partial charge in [0.15, 0.2) is 11.3 Å². The number of anilines is 4. The molecule has 10 heterocycles. The summed E-state index contributed by atoms with van der Waals surface area (Å²) in [5.41, 5.74) is 5.91. The number of aromatic nitrogens is 8. The van der Waals surface area contributed by atoms with E-state index >= 15 is 0 Å². The first kappa shape index (κ1) is 58.5. The maximum atomic E-state index is 14.2. The lowest BCUT2D eigenvalue weighted by Gasteiger charge is -2.41. The fourth-order valence-electron chi connectivity index (χ4n) is 12.0. The van der Waals surface area contributed by atoms with Gasteiger partial charge in [-0.3, -0.25) is 19.6 Å². The number of carbonyl (C=O) groups excluding carboxylic acids is 2. The molecule has 2 aromatic carbocycles. The maximum Gasteiger partial charge on any atom is 0.355 e. The molecule has 6 aromatic heterocycles. The number of carbonyl (C=O) groups is 2. The minimum atomic E-state index is -0.532. The molecule has 85 heavy (non-hydrogen) atoms. The summed E-state index contributed by atoms with van der Waals surface area (Å²) in [6.45, 7) is 22.6. The first-order valence-electron chi connectivity index (χ1n) is 27.7. The molecule has 12 rings (SSSR count). The smallest absolute Gasteiger partial charge is 0.355 e. The number of nitrogens with one attached hydrogen (secondary N) is 1. The SMILES string of the molecule is C=CC(=O)N1CCN2c3nc(=O)n(-c4c(C)ccnc4C(C)C)c4nc(-c5c(O)cccc5Cl)c(Cl)c(c34)N(C)CC2C1.C=CC(=O)N1CCN2c3nc(=O)n(-c4c(C)ccnc4C(C)C)c4nc(-c5c(O)cccc5Cl)c(Cl)c(c34)NCC2C1. The summed E-state index contributed by atoms with van der Waals surface area (Å²) in [4.78, 5) is 91.4. The van der Waals surface area contributed by atoms with Crippen LogP contribution >= 0.6 is 46.4 Å². The van der Waals surface area contributed by atoms with Gasteiger partial charge in [-0.1, -0.05) is 99.4 Å². The highest BCUT2D eigenvalue weighted by Gasteiger charge is 2.40. The summed E-state index contributed by atoms with van der Waals surface area (Å²) in [5, 5.41) is 27.4. The third-order valence-electron chi connectivity index (χ3n) is 16.0. The van der Waals surface area contributed by atoms with E-state index in [0.717, 1.165) is 16.8 Å². The average molecular weight is 1230 g/mol. The third kappa shape index (κ3) is 10.0. The van der Waals surface area contributed by atoms with Gasteiger partial charge in [-0.05, 0) is 85.4 Å². The second-order valence-corrected chi connectivity index (χ2v) is 23.6. The number of halogens is 4. The number of piperazine rings is 2. The Labute approximate surface area is 509 Å². The maximum absolute atomic E-state index is 14.2. The third-order valence-corrected chi connectivity index (χ3v) is 17.4. The number of phenols is 2. The number of amides is 2. The fourth-order valence-corrected chi connectivity index (χ4v) is 13.2. The molecule has 0 aliphatic carbocycles. The second kappa shape index (κ2) is 22.9. The molecule has 0 radical (unpaired) electrons. The largest absolute Gasteiger partial charge is 0.507 e. The average Bonchev–Trinajstić information content (AvgIpc) is 1.99. The van der Waals surface area contributed by atoms with Crippen LogP contribution in [0.2, 0.25) is 20.1 Å². The molecular weight excluding hydrogens is 1170 g/mol. The molecule has 8 aromatic rings. The van der Waals surface area contributed by atoms with Crippen molar-refractivity contribution >= 4 is 103 Å². The van der Waals surface area contributed by atoms with E-state index in [4.69, 9.17) is 56.4 Å². The molecule has 2 saturated heterocycles. The van der Waals surface area contributed by atoms with Crippen molar-refractivity contribution in [2.75, 3.05) is 79.4 Å². The molecular formula is C61H60Cl4N14O6. The van der Waals surface area contributed by atoms with Crippen molar-refractivity contribution in [3.05, 3.63) is 150 Å². The van der Waals surface area contributed by atoms with Crippen LogP contribution < -0.4 is 31.4 Å². The number of likely N-dealkylation sites (N-methyl/N-ethyl adjacent to an activating group) is 1. The number of aromatic hydroxyl groups is 2. The van der Waals surface area contributed by atoms with Crippen molar-refractivity contribution in [3.63, 3.8) is 0 Å². The quantitative estimate of drug-likeness (QED) is 0.120. The molecule has 4 aliphatic rings. The zero-order chi connectivity index (χ0) is 60.6. The summed E-state index contributed by atoms with van der Waals surface area (Å²) < 4.78 is 2.98. The zero-order valence-electron chi connectivity index (χ0n) is 47.7. The Morgan fingerprint density at radius 3 is 1.56 bits per heavy atom. The molecule has 2 fully saturated rings. The van der Waals surface area contributed by atoms with Gasteiger partial charge in [-0.15, -0.1) is 0 Å². The Hall–Kier alpha value is -8.30. The lowest BCUT2D eigenvalue weighted by Crippen LogP contribution is -2.57. The van der Waals surface area contributed by atoms with E-state index in [0.29, 0.717) is 115 Å². The van der Waals surface area contributed by atoms with Crippen LogP contribution in [0.3, 0.4) is 0 Å². The zero-order valence-corrected chi connectivity index (χ0v) is 50.7. The van der Waals surface area contributed by atoms with Crippen LogP contribution in [0.25, 0.3) is 56.0 Å². The predicted molar refractivity (Wildman–Crippen MR) is 335 cm³/mol. The molecule has 4 aliphatic heterocycles. The summed E-state index contributed by atoms with van der Waals surface area (Å²) in [6, 6.07) is 12.9. The fraction of sp³-hybridized carbons (Fsp3) is 0.311. The summed E-state index contributed by atoms with van der Waals surface area (Å²) >= 11 is 27.5. The standard InChI is InChI=1S/C31H31Cl2N7O3.C30H29Cl2N7O3/c1-6-21(42)38-12-13-39-18(15-38)14-37(5)28-23-29(39)36-31(43)40(27-17(4)10-11-34-25(27)16(2)3)30(23)35-26(24(28)33)22-19(32)8-7-9-20(22)41;1-5-20(41)37-11-12-38-17(14-37)13-34-25-22-28(38)36-30(42)39(27-16(4)9-10-33-24(27)15(2)3)29(22)35-26(23(25)32)21-18(31)7-6-8-19(21)40/h6-11,16,18,41H,1,12-15H2,2-5H3;5-10,15,17,34,40H,1,11-14H2,2-4H3. The molecule has 20 nitrogen and oxygen atoms in total. The first-order valence-corrected chi connectivity index (χ1v) is 29.2. The van der Waals surface area contributed by atoms with Gasteiger partial charge in [0, 0.05) is 71.8 Å². The molecule has 2 atom stereocenters. The van der Waals surface area contributed by atoms with E-state index in [1.807, 2.05) is 70.5 Å². The van der Waals surface area contributed by atoms with Gasteiger partial charge in [0.05, 0.1) is 99.6 Å². The number of fused-ring (bicyclic) bond motifs is 4. The van der Waals surface area contributed by atoms with E-state index in [-0.39, 0.29) is 89.8 Å². The van der Waals surface area contributed by atoms with Crippen molar-refractivity contribution < 1.29 is 19.8 Å². The molecule has 0 bridgehead atoms. The number of hydrogen-bond acceptors (Lipinski definition) is 16. The second-order valence-electron chi connectivity index (χ2n) is 22.0. The summed E-state index contributed by atoms with van der Waals surface area (Å²) in [7, 11) is 1.91. The molecule has 438 valence electrons. The Morgan fingerprint density at radius 1 is 0.624 bits per heavy atom. The summed E-state index contributed by atoms with van der Waals surface area (Å²) in [5.74, 6) is 0.363. The molecule has 2 unspecified atom stereocenters. The normalized spacial score (nSPS) is 16.4. The first-order chi connectivity index (χ1) is 40.6. The van der Waals surface area contributed by atoms with Gasteiger partial charge in [0.25, 0.3) is 0 Å². The highest BCUT2D eigenvalue weighted by atomic mass is 35.5. The van der Waals surface area contributed by atoms with Gasteiger partial charge in [-0.2, -0.15) is 9.97 Å². The number of pyridine rings is 4. The van der Waals surface area contributed by atoms with Gasteiger partial charge in [0.2, 0.25) is 11.8 Å². The molecule has 0 spiro atoms.